The molecule has 1 N–H and O–H groups in total. The second-order valence-electron chi connectivity index (χ2n) is 3.48. The van der Waals surface area contributed by atoms with Crippen LogP contribution in [-0.4, -0.2) is 23.8 Å². The van der Waals surface area contributed by atoms with Crippen molar-refractivity contribution in [2.24, 2.45) is 0 Å². The molecule has 0 amide bonds. The van der Waals surface area contributed by atoms with Gasteiger partial charge in [-0.3, -0.25) is 0 Å². The molecule has 0 bridgehead atoms. The lowest BCUT2D eigenvalue weighted by Gasteiger charge is -2.03. The predicted molar refractivity (Wildman–Crippen MR) is 57.4 cm³/mol. The molecule has 4 heteroatoms. The van der Waals surface area contributed by atoms with Crippen molar-refractivity contribution in [3.63, 3.8) is 0 Å². The lowest BCUT2D eigenvalue weighted by atomic mass is 10.1. The molecule has 1 aromatic rings. The molecular weight excluding hydrogens is 208 g/mol. The summed E-state index contributed by atoms with van der Waals surface area (Å²) in [5.74, 6) is -0.187. The Balaban J connectivity index is 1.98. The van der Waals surface area contributed by atoms with E-state index in [1.807, 2.05) is 12.1 Å². The molecule has 2 atom stereocenters. The number of benzene rings is 1. The molecule has 1 saturated heterocycles. The Kier molecular flexibility index (Phi) is 2.92. The van der Waals surface area contributed by atoms with Crippen LogP contribution in [0.1, 0.15) is 11.7 Å². The third kappa shape index (κ3) is 2.23. The normalized spacial score (nSPS) is 22.5. The fourth-order valence-electron chi connectivity index (χ4n) is 1.46. The average Bonchev–Trinajstić information content (AvgIpc) is 3.07. The summed E-state index contributed by atoms with van der Waals surface area (Å²) in [6.07, 6.45) is 0.657. The van der Waals surface area contributed by atoms with Crippen molar-refractivity contribution in [2.45, 2.75) is 12.2 Å². The van der Waals surface area contributed by atoms with E-state index in [2.05, 4.69) is 6.58 Å². The van der Waals surface area contributed by atoms with E-state index in [-0.39, 0.29) is 6.10 Å². The van der Waals surface area contributed by atoms with Crippen molar-refractivity contribution in [2.75, 3.05) is 6.61 Å². The Morgan fingerprint density at radius 2 is 2.19 bits per heavy atom. The van der Waals surface area contributed by atoms with Crippen molar-refractivity contribution < 1.29 is 19.4 Å². The van der Waals surface area contributed by atoms with E-state index in [4.69, 9.17) is 14.6 Å². The van der Waals surface area contributed by atoms with E-state index in [0.717, 1.165) is 11.3 Å². The molecule has 16 heavy (non-hydrogen) atoms. The van der Waals surface area contributed by atoms with E-state index in [1.54, 1.807) is 18.2 Å². The molecule has 4 nitrogen and oxygen atoms in total. The van der Waals surface area contributed by atoms with Crippen LogP contribution < -0.4 is 4.74 Å². The molecule has 2 unspecified atom stereocenters. The topological polar surface area (TPSA) is 59.1 Å². The minimum absolute atomic E-state index is 0.314. The van der Waals surface area contributed by atoms with Crippen LogP contribution >= 0.6 is 0 Å². The van der Waals surface area contributed by atoms with E-state index >= 15 is 0 Å². The zero-order valence-electron chi connectivity index (χ0n) is 8.63. The Hall–Kier alpha value is -1.81. The number of hydrogen-bond donors (Lipinski definition) is 1. The summed E-state index contributed by atoms with van der Waals surface area (Å²) in [4.78, 5) is 10.6. The minimum atomic E-state index is -0.919. The van der Waals surface area contributed by atoms with E-state index in [1.165, 1.54) is 0 Å². The molecule has 1 aliphatic heterocycles. The number of rotatable bonds is 5. The summed E-state index contributed by atoms with van der Waals surface area (Å²) in [6, 6.07) is 7.21. The number of ether oxygens (including phenoxy) is 2. The minimum Gasteiger partial charge on any atom is -0.490 e. The van der Waals surface area contributed by atoms with Gasteiger partial charge in [-0.15, -0.1) is 0 Å². The van der Waals surface area contributed by atoms with Gasteiger partial charge in [0.15, 0.2) is 6.10 Å². The zero-order valence-corrected chi connectivity index (χ0v) is 8.63. The molecule has 0 radical (unpaired) electrons. The predicted octanol–water partition coefficient (Wildman–Crippen LogP) is 1.78. The van der Waals surface area contributed by atoms with Gasteiger partial charge in [-0.25, -0.2) is 4.79 Å². The monoisotopic (exact) mass is 220 g/mol. The molecule has 1 aromatic carbocycles. The van der Waals surface area contributed by atoms with Crippen LogP contribution in [0.4, 0.5) is 0 Å². The van der Waals surface area contributed by atoms with Crippen molar-refractivity contribution in [3.05, 3.63) is 42.5 Å². The van der Waals surface area contributed by atoms with Crippen molar-refractivity contribution in [3.8, 4) is 5.75 Å². The zero-order chi connectivity index (χ0) is 11.5. The highest BCUT2D eigenvalue weighted by Gasteiger charge is 2.46. The van der Waals surface area contributed by atoms with E-state index in [9.17, 15) is 4.79 Å². The van der Waals surface area contributed by atoms with Crippen molar-refractivity contribution in [1.82, 2.24) is 0 Å². The second-order valence-corrected chi connectivity index (χ2v) is 3.48. The van der Waals surface area contributed by atoms with E-state index in [0.29, 0.717) is 6.61 Å². The first kappa shape index (κ1) is 10.7. The van der Waals surface area contributed by atoms with E-state index < -0.39 is 12.1 Å². The Morgan fingerprint density at radius 1 is 1.50 bits per heavy atom. The Bertz CT molecular complexity index is 396. The van der Waals surface area contributed by atoms with Crippen LogP contribution in [0.15, 0.2) is 36.9 Å². The van der Waals surface area contributed by atoms with Gasteiger partial charge in [-0.1, -0.05) is 24.8 Å². The molecule has 1 fully saturated rings. The Labute approximate surface area is 93.1 Å². The van der Waals surface area contributed by atoms with Crippen LogP contribution in [0.5, 0.6) is 5.75 Å². The third-order valence-corrected chi connectivity index (χ3v) is 2.31. The molecule has 0 aromatic heterocycles. The summed E-state index contributed by atoms with van der Waals surface area (Å²) in [6.45, 7) is 4.01. The number of carboxylic acid groups (broad SMARTS) is 1. The maximum absolute atomic E-state index is 10.6. The summed E-state index contributed by atoms with van der Waals surface area (Å²) in [7, 11) is 0. The first-order valence-corrected chi connectivity index (χ1v) is 4.94. The first-order chi connectivity index (χ1) is 7.72. The summed E-state index contributed by atoms with van der Waals surface area (Å²) in [5, 5.41) is 8.69. The lowest BCUT2D eigenvalue weighted by Crippen LogP contribution is -2.04. The largest absolute Gasteiger partial charge is 0.490 e. The average molecular weight is 220 g/mol. The number of hydrogen-bond acceptors (Lipinski definition) is 3. The summed E-state index contributed by atoms with van der Waals surface area (Å²) < 4.78 is 10.3. The maximum atomic E-state index is 10.6. The smallest absolute Gasteiger partial charge is 0.335 e. The number of epoxide rings is 1. The van der Waals surface area contributed by atoms with Gasteiger partial charge in [-0.2, -0.15) is 0 Å². The van der Waals surface area contributed by atoms with Crippen LogP contribution in [0.25, 0.3) is 0 Å². The third-order valence-electron chi connectivity index (χ3n) is 2.31. The number of carbonyl (C=O) groups is 1. The molecule has 0 spiro atoms. The van der Waals surface area contributed by atoms with Crippen molar-refractivity contribution in [1.29, 1.82) is 0 Å². The standard InChI is InChI=1S/C12H12O4/c1-2-7-15-9-5-3-8(4-6-9)10-11(16-10)12(13)14/h2-6,10-11H,1,7H2,(H,13,14). The quantitative estimate of drug-likeness (QED) is 0.607. The molecule has 0 aliphatic carbocycles. The van der Waals surface area contributed by atoms with Gasteiger partial charge >= 0.3 is 5.97 Å². The summed E-state index contributed by atoms with van der Waals surface area (Å²) >= 11 is 0. The van der Waals surface area contributed by atoms with Gasteiger partial charge < -0.3 is 14.6 Å². The SMILES string of the molecule is C=CCOc1ccc(C2OC2C(=O)O)cc1. The molecular formula is C12H12O4. The fourth-order valence-corrected chi connectivity index (χ4v) is 1.46. The van der Waals surface area contributed by atoms with Crippen LogP contribution in [0.3, 0.4) is 0 Å². The van der Waals surface area contributed by atoms with Crippen molar-refractivity contribution >= 4 is 5.97 Å². The van der Waals surface area contributed by atoms with Crippen LogP contribution in [-0.2, 0) is 9.53 Å². The first-order valence-electron chi connectivity index (χ1n) is 4.94. The van der Waals surface area contributed by atoms with Gasteiger partial charge in [0.2, 0.25) is 0 Å². The van der Waals surface area contributed by atoms with Crippen LogP contribution in [0, 0.1) is 0 Å². The van der Waals surface area contributed by atoms with Gasteiger partial charge in [0.05, 0.1) is 0 Å². The number of aliphatic carboxylic acids is 1. The fraction of sp³-hybridized carbons (Fsp3) is 0.250. The molecule has 1 aliphatic rings. The highest BCUT2D eigenvalue weighted by Crippen LogP contribution is 2.39. The molecule has 0 saturated carbocycles. The maximum Gasteiger partial charge on any atom is 0.335 e. The van der Waals surface area contributed by atoms with Gasteiger partial charge in [0, 0.05) is 0 Å². The molecule has 2 rings (SSSR count). The van der Waals surface area contributed by atoms with Gasteiger partial charge in [0.1, 0.15) is 18.5 Å². The van der Waals surface area contributed by atoms with Crippen LogP contribution in [0.2, 0.25) is 0 Å². The molecule has 1 heterocycles. The summed E-state index contributed by atoms with van der Waals surface area (Å²) in [5.41, 5.74) is 0.860. The highest BCUT2D eigenvalue weighted by atomic mass is 16.6. The van der Waals surface area contributed by atoms with Gasteiger partial charge in [0.25, 0.3) is 0 Å². The Morgan fingerprint density at radius 3 is 2.69 bits per heavy atom. The number of carboxylic acids is 1. The molecule has 84 valence electrons. The second kappa shape index (κ2) is 4.37. The van der Waals surface area contributed by atoms with Gasteiger partial charge in [-0.05, 0) is 17.7 Å². The highest BCUT2D eigenvalue weighted by molar-refractivity contribution is 5.76. The lowest BCUT2D eigenvalue weighted by molar-refractivity contribution is -0.138.